The molecule has 0 fully saturated rings. The Labute approximate surface area is 198 Å². The Morgan fingerprint density at radius 1 is 1.19 bits per heavy atom. The number of amides is 2. The Balaban J connectivity index is 2.18. The van der Waals surface area contributed by atoms with Crippen LogP contribution in [-0.4, -0.2) is 28.6 Å². The number of halogens is 1. The van der Waals surface area contributed by atoms with Crippen LogP contribution in [0.1, 0.15) is 84.9 Å². The average molecular weight is 463 g/mol. The SMILES string of the molecule is CC(C)C1=CN(CCCC(C)(C)C(=O)O)C(=O)N[C@@H]1c1ccc(CCC(C)(C)C)c(Cl)c1. The number of carboxylic acids is 1. The number of carboxylic acid groups (broad SMARTS) is 1. The minimum Gasteiger partial charge on any atom is -0.481 e. The minimum absolute atomic E-state index is 0.166. The average Bonchev–Trinajstić information content (AvgIpc) is 2.66. The minimum atomic E-state index is -0.818. The first-order chi connectivity index (χ1) is 14.7. The number of urea groups is 1. The Hall–Kier alpha value is -2.01. The lowest BCUT2D eigenvalue weighted by molar-refractivity contribution is -0.147. The molecule has 1 heterocycles. The van der Waals surface area contributed by atoms with Crippen molar-refractivity contribution in [1.29, 1.82) is 0 Å². The van der Waals surface area contributed by atoms with Crippen LogP contribution in [0.5, 0.6) is 0 Å². The molecule has 0 unspecified atom stereocenters. The van der Waals surface area contributed by atoms with E-state index < -0.39 is 11.4 Å². The van der Waals surface area contributed by atoms with Gasteiger partial charge in [-0.25, -0.2) is 4.79 Å². The molecular weight excluding hydrogens is 424 g/mol. The van der Waals surface area contributed by atoms with E-state index in [1.807, 2.05) is 12.3 Å². The number of rotatable bonds is 9. The van der Waals surface area contributed by atoms with E-state index in [0.29, 0.717) is 19.4 Å². The molecule has 2 N–H and O–H groups in total. The maximum absolute atomic E-state index is 12.8. The zero-order valence-electron chi connectivity index (χ0n) is 20.6. The van der Waals surface area contributed by atoms with Crippen molar-refractivity contribution in [2.45, 2.75) is 80.2 Å². The molecule has 0 spiro atoms. The predicted octanol–water partition coefficient (Wildman–Crippen LogP) is 6.82. The van der Waals surface area contributed by atoms with Crippen molar-refractivity contribution in [3.8, 4) is 0 Å². The summed E-state index contributed by atoms with van der Waals surface area (Å²) in [5.41, 5.74) is 2.67. The van der Waals surface area contributed by atoms with E-state index >= 15 is 0 Å². The van der Waals surface area contributed by atoms with Crippen LogP contribution in [0.2, 0.25) is 5.02 Å². The molecule has 32 heavy (non-hydrogen) atoms. The van der Waals surface area contributed by atoms with Gasteiger partial charge in [0.05, 0.1) is 11.5 Å². The van der Waals surface area contributed by atoms with E-state index in [4.69, 9.17) is 11.6 Å². The Kier molecular flexibility index (Phi) is 8.44. The fourth-order valence-electron chi connectivity index (χ4n) is 3.78. The molecule has 6 heteroatoms. The molecule has 1 aromatic rings. The van der Waals surface area contributed by atoms with Crippen LogP contribution < -0.4 is 5.32 Å². The van der Waals surface area contributed by atoms with Gasteiger partial charge in [-0.1, -0.05) is 58.4 Å². The molecule has 1 aromatic carbocycles. The van der Waals surface area contributed by atoms with E-state index in [0.717, 1.165) is 34.6 Å². The molecule has 2 rings (SSSR count). The highest BCUT2D eigenvalue weighted by Crippen LogP contribution is 2.34. The summed E-state index contributed by atoms with van der Waals surface area (Å²) in [5, 5.41) is 13.2. The molecule has 0 saturated carbocycles. The third-order valence-corrected chi connectivity index (χ3v) is 6.52. The number of carbonyl (C=O) groups is 2. The molecule has 0 aromatic heterocycles. The summed E-state index contributed by atoms with van der Waals surface area (Å²) in [6, 6.07) is 5.74. The number of benzene rings is 1. The molecule has 5 nitrogen and oxygen atoms in total. The normalized spacial score (nSPS) is 17.4. The lowest BCUT2D eigenvalue weighted by Gasteiger charge is -2.35. The third kappa shape index (κ3) is 6.99. The largest absolute Gasteiger partial charge is 0.481 e. The summed E-state index contributed by atoms with van der Waals surface area (Å²) >= 11 is 6.62. The molecule has 1 aliphatic heterocycles. The number of carbonyl (C=O) groups excluding carboxylic acids is 1. The first-order valence-electron chi connectivity index (χ1n) is 11.5. The van der Waals surface area contributed by atoms with Crippen molar-refractivity contribution in [2.24, 2.45) is 16.7 Å². The van der Waals surface area contributed by atoms with Crippen LogP contribution >= 0.6 is 11.6 Å². The van der Waals surface area contributed by atoms with Crippen molar-refractivity contribution in [3.63, 3.8) is 0 Å². The first kappa shape index (κ1) is 26.2. The third-order valence-electron chi connectivity index (χ3n) is 6.17. The molecule has 0 radical (unpaired) electrons. The second-order valence-corrected chi connectivity index (χ2v) is 11.5. The summed E-state index contributed by atoms with van der Waals surface area (Å²) in [7, 11) is 0. The zero-order valence-corrected chi connectivity index (χ0v) is 21.3. The fraction of sp³-hybridized carbons (Fsp3) is 0.615. The Bertz CT molecular complexity index is 868. The van der Waals surface area contributed by atoms with Crippen molar-refractivity contribution in [1.82, 2.24) is 10.2 Å². The first-order valence-corrected chi connectivity index (χ1v) is 11.9. The number of aryl methyl sites for hydroxylation is 1. The van der Waals surface area contributed by atoms with Crippen LogP contribution in [-0.2, 0) is 11.2 Å². The van der Waals surface area contributed by atoms with Gasteiger partial charge in [-0.2, -0.15) is 0 Å². The Morgan fingerprint density at radius 3 is 2.38 bits per heavy atom. The summed E-state index contributed by atoms with van der Waals surface area (Å²) in [5.74, 6) is -0.584. The quantitative estimate of drug-likeness (QED) is 0.423. The van der Waals surface area contributed by atoms with Gasteiger partial charge in [0, 0.05) is 17.8 Å². The predicted molar refractivity (Wildman–Crippen MR) is 131 cm³/mol. The number of hydrogen-bond acceptors (Lipinski definition) is 2. The van der Waals surface area contributed by atoms with Crippen LogP contribution in [0.25, 0.3) is 0 Å². The van der Waals surface area contributed by atoms with Gasteiger partial charge in [0.1, 0.15) is 0 Å². The van der Waals surface area contributed by atoms with Gasteiger partial charge >= 0.3 is 12.0 Å². The summed E-state index contributed by atoms with van der Waals surface area (Å²) in [6.07, 6.45) is 5.03. The van der Waals surface area contributed by atoms with Gasteiger partial charge < -0.3 is 15.3 Å². The highest BCUT2D eigenvalue weighted by atomic mass is 35.5. The number of nitrogens with zero attached hydrogens (tertiary/aromatic N) is 1. The lowest BCUT2D eigenvalue weighted by atomic mass is 9.87. The molecule has 1 atom stereocenters. The van der Waals surface area contributed by atoms with E-state index in [2.05, 4.69) is 52.1 Å². The topological polar surface area (TPSA) is 69.6 Å². The van der Waals surface area contributed by atoms with Gasteiger partial charge in [-0.05, 0) is 73.6 Å². The van der Waals surface area contributed by atoms with Crippen molar-refractivity contribution in [2.75, 3.05) is 6.54 Å². The van der Waals surface area contributed by atoms with Crippen LogP contribution in [0, 0.1) is 16.7 Å². The van der Waals surface area contributed by atoms with Crippen LogP contribution in [0.3, 0.4) is 0 Å². The summed E-state index contributed by atoms with van der Waals surface area (Å²) in [6.45, 7) is 14.8. The monoisotopic (exact) mass is 462 g/mol. The van der Waals surface area contributed by atoms with E-state index in [9.17, 15) is 14.7 Å². The van der Waals surface area contributed by atoms with Gasteiger partial charge in [-0.3, -0.25) is 4.79 Å². The second kappa shape index (κ2) is 10.3. The smallest absolute Gasteiger partial charge is 0.322 e. The number of hydrogen-bond donors (Lipinski definition) is 2. The lowest BCUT2D eigenvalue weighted by Crippen LogP contribution is -2.45. The fourth-order valence-corrected chi connectivity index (χ4v) is 4.06. The number of nitrogens with one attached hydrogen (secondary N) is 1. The second-order valence-electron chi connectivity index (χ2n) is 11.1. The highest BCUT2D eigenvalue weighted by Gasteiger charge is 2.31. The highest BCUT2D eigenvalue weighted by molar-refractivity contribution is 6.31. The van der Waals surface area contributed by atoms with Gasteiger partial charge in [0.2, 0.25) is 0 Å². The van der Waals surface area contributed by atoms with Crippen LogP contribution in [0.15, 0.2) is 30.0 Å². The maximum Gasteiger partial charge on any atom is 0.322 e. The molecular formula is C26H39ClN2O3. The van der Waals surface area contributed by atoms with E-state index in [1.54, 1.807) is 18.7 Å². The van der Waals surface area contributed by atoms with Crippen molar-refractivity contribution in [3.05, 3.63) is 46.1 Å². The van der Waals surface area contributed by atoms with Crippen molar-refractivity contribution < 1.29 is 14.7 Å². The van der Waals surface area contributed by atoms with E-state index in [-0.39, 0.29) is 23.4 Å². The summed E-state index contributed by atoms with van der Waals surface area (Å²) in [4.78, 5) is 25.8. The van der Waals surface area contributed by atoms with Gasteiger partial charge in [0.15, 0.2) is 0 Å². The molecule has 0 saturated heterocycles. The van der Waals surface area contributed by atoms with Crippen LogP contribution in [0.4, 0.5) is 4.79 Å². The maximum atomic E-state index is 12.8. The molecule has 2 amide bonds. The molecule has 0 bridgehead atoms. The molecule has 178 valence electrons. The molecule has 1 aliphatic rings. The standard InChI is InChI=1S/C26H39ClN2O3/c1-17(2)20-16-29(14-8-12-26(6,7)23(30)31)24(32)28-22(20)19-10-9-18(21(27)15-19)11-13-25(3,4)5/h9-10,15-17,22H,8,11-14H2,1-7H3,(H,28,32)(H,30,31)/t22-/m1/s1. The Morgan fingerprint density at radius 2 is 1.84 bits per heavy atom. The van der Waals surface area contributed by atoms with Gasteiger partial charge in [-0.15, -0.1) is 0 Å². The van der Waals surface area contributed by atoms with Crippen molar-refractivity contribution >= 4 is 23.6 Å². The number of aliphatic carboxylic acids is 1. The summed E-state index contributed by atoms with van der Waals surface area (Å²) < 4.78 is 0. The van der Waals surface area contributed by atoms with Gasteiger partial charge in [0.25, 0.3) is 0 Å². The zero-order chi connectivity index (χ0) is 24.3. The molecule has 0 aliphatic carbocycles. The van der Waals surface area contributed by atoms with E-state index in [1.165, 1.54) is 0 Å².